The number of rotatable bonds is 2. The number of nitrogens with two attached hydrogens (primary N) is 1. The third-order valence-electron chi connectivity index (χ3n) is 4.61. The van der Waals surface area contributed by atoms with Crippen LogP contribution in [0.4, 0.5) is 0 Å². The van der Waals surface area contributed by atoms with Gasteiger partial charge >= 0.3 is 0 Å². The van der Waals surface area contributed by atoms with Gasteiger partial charge in [0.05, 0.1) is 19.8 Å². The summed E-state index contributed by atoms with van der Waals surface area (Å²) in [5.41, 5.74) is 10.1. The van der Waals surface area contributed by atoms with Crippen LogP contribution in [0.2, 0.25) is 0 Å². The maximum absolute atomic E-state index is 6.49. The lowest BCUT2D eigenvalue weighted by molar-refractivity contribution is 0.0218. The fourth-order valence-corrected chi connectivity index (χ4v) is 3.09. The summed E-state index contributed by atoms with van der Waals surface area (Å²) >= 11 is 0. The highest BCUT2D eigenvalue weighted by Crippen LogP contribution is 2.37. The van der Waals surface area contributed by atoms with E-state index in [-0.39, 0.29) is 6.04 Å². The van der Waals surface area contributed by atoms with Crippen LogP contribution in [0.25, 0.3) is 0 Å². The molecule has 0 amide bonds. The topological polar surface area (TPSA) is 47.7 Å². The Labute approximate surface area is 120 Å². The molecule has 0 aliphatic carbocycles. The molecule has 2 N–H and O–H groups in total. The summed E-state index contributed by atoms with van der Waals surface area (Å²) in [7, 11) is 0. The van der Waals surface area contributed by atoms with E-state index in [1.54, 1.807) is 0 Å². The van der Waals surface area contributed by atoms with Crippen molar-refractivity contribution in [2.75, 3.05) is 39.5 Å². The van der Waals surface area contributed by atoms with Gasteiger partial charge in [0.1, 0.15) is 5.75 Å². The van der Waals surface area contributed by atoms with E-state index in [0.29, 0.717) is 5.92 Å². The average molecular weight is 276 g/mol. The van der Waals surface area contributed by atoms with Gasteiger partial charge in [0.25, 0.3) is 0 Å². The lowest BCUT2D eigenvalue weighted by Gasteiger charge is -2.37. The van der Waals surface area contributed by atoms with Crippen molar-refractivity contribution in [3.05, 3.63) is 28.8 Å². The molecule has 1 fully saturated rings. The van der Waals surface area contributed by atoms with E-state index in [2.05, 4.69) is 30.9 Å². The van der Waals surface area contributed by atoms with E-state index in [1.807, 2.05) is 0 Å². The third-order valence-corrected chi connectivity index (χ3v) is 4.61. The van der Waals surface area contributed by atoms with Gasteiger partial charge in [-0.15, -0.1) is 0 Å². The second-order valence-electron chi connectivity index (χ2n) is 5.94. The highest BCUT2D eigenvalue weighted by atomic mass is 16.5. The highest BCUT2D eigenvalue weighted by molar-refractivity contribution is 5.48. The summed E-state index contributed by atoms with van der Waals surface area (Å²) in [6.07, 6.45) is 0. The zero-order valence-corrected chi connectivity index (χ0v) is 12.4. The summed E-state index contributed by atoms with van der Waals surface area (Å²) in [5, 5.41) is 0. The first-order valence-electron chi connectivity index (χ1n) is 7.45. The minimum absolute atomic E-state index is 0.0703. The van der Waals surface area contributed by atoms with E-state index in [1.165, 1.54) is 11.1 Å². The fourth-order valence-electron chi connectivity index (χ4n) is 3.09. The molecular weight excluding hydrogens is 252 g/mol. The van der Waals surface area contributed by atoms with E-state index < -0.39 is 0 Å². The Bertz CT molecular complexity index is 484. The van der Waals surface area contributed by atoms with Gasteiger partial charge in [0.15, 0.2) is 0 Å². The molecule has 0 radical (unpaired) electrons. The van der Waals surface area contributed by atoms with Crippen LogP contribution in [-0.4, -0.2) is 44.4 Å². The van der Waals surface area contributed by atoms with Gasteiger partial charge in [0, 0.05) is 37.2 Å². The van der Waals surface area contributed by atoms with Crippen molar-refractivity contribution in [3.63, 3.8) is 0 Å². The largest absolute Gasteiger partial charge is 0.493 e. The molecule has 4 nitrogen and oxygen atoms in total. The Morgan fingerprint density at radius 1 is 1.25 bits per heavy atom. The van der Waals surface area contributed by atoms with Gasteiger partial charge < -0.3 is 15.2 Å². The Balaban J connectivity index is 1.75. The van der Waals surface area contributed by atoms with Crippen molar-refractivity contribution in [1.82, 2.24) is 4.90 Å². The van der Waals surface area contributed by atoms with Gasteiger partial charge in [-0.2, -0.15) is 0 Å². The molecule has 1 saturated heterocycles. The molecule has 20 heavy (non-hydrogen) atoms. The molecule has 2 aliphatic heterocycles. The molecule has 0 bridgehead atoms. The van der Waals surface area contributed by atoms with Crippen LogP contribution in [0.15, 0.2) is 12.1 Å². The maximum atomic E-state index is 6.49. The van der Waals surface area contributed by atoms with Gasteiger partial charge in [0.2, 0.25) is 0 Å². The fraction of sp³-hybridized carbons (Fsp3) is 0.625. The average Bonchev–Trinajstić information content (AvgIpc) is 2.47. The van der Waals surface area contributed by atoms with Gasteiger partial charge in [-0.3, -0.25) is 4.90 Å². The summed E-state index contributed by atoms with van der Waals surface area (Å²) in [5.74, 6) is 1.37. The molecule has 3 rings (SSSR count). The number of morpholine rings is 1. The first-order chi connectivity index (χ1) is 9.66. The first kappa shape index (κ1) is 13.9. The second-order valence-corrected chi connectivity index (χ2v) is 5.94. The lowest BCUT2D eigenvalue weighted by atomic mass is 9.88. The Hall–Kier alpha value is -1.10. The van der Waals surface area contributed by atoms with Crippen LogP contribution in [0.1, 0.15) is 22.7 Å². The smallest absolute Gasteiger partial charge is 0.127 e. The quantitative estimate of drug-likeness (QED) is 0.892. The van der Waals surface area contributed by atoms with Crippen LogP contribution in [0.5, 0.6) is 5.75 Å². The van der Waals surface area contributed by atoms with Gasteiger partial charge in [-0.05, 0) is 25.0 Å². The predicted molar refractivity (Wildman–Crippen MR) is 79.1 cm³/mol. The summed E-state index contributed by atoms with van der Waals surface area (Å²) < 4.78 is 11.4. The normalized spacial score (nSPS) is 26.9. The number of fused-ring (bicyclic) bond motifs is 1. The molecule has 4 heteroatoms. The number of aryl methyl sites for hydroxylation is 1. The van der Waals surface area contributed by atoms with Crippen LogP contribution in [0, 0.1) is 19.8 Å². The second kappa shape index (κ2) is 5.72. The Morgan fingerprint density at radius 2 is 2.00 bits per heavy atom. The molecular formula is C16H24N2O2. The van der Waals surface area contributed by atoms with Crippen molar-refractivity contribution >= 4 is 0 Å². The van der Waals surface area contributed by atoms with Crippen molar-refractivity contribution in [1.29, 1.82) is 0 Å². The van der Waals surface area contributed by atoms with E-state index in [9.17, 15) is 0 Å². The number of nitrogens with zero attached hydrogens (tertiary/aromatic N) is 1. The van der Waals surface area contributed by atoms with Crippen LogP contribution < -0.4 is 10.5 Å². The van der Waals surface area contributed by atoms with E-state index >= 15 is 0 Å². The number of benzene rings is 1. The predicted octanol–water partition coefficient (Wildman–Crippen LogP) is 1.64. The number of hydrogen-bond donors (Lipinski definition) is 1. The molecule has 110 valence electrons. The molecule has 0 saturated carbocycles. The first-order valence-corrected chi connectivity index (χ1v) is 7.45. The number of hydrogen-bond acceptors (Lipinski definition) is 4. The molecule has 2 atom stereocenters. The molecule has 2 unspecified atom stereocenters. The van der Waals surface area contributed by atoms with E-state index in [4.69, 9.17) is 15.2 Å². The van der Waals surface area contributed by atoms with Crippen molar-refractivity contribution < 1.29 is 9.47 Å². The minimum atomic E-state index is 0.0703. The SMILES string of the molecule is Cc1ccc2c(c1C)OCC(CN1CCOCC1)C2N. The molecule has 1 aromatic rings. The minimum Gasteiger partial charge on any atom is -0.493 e. The Kier molecular flexibility index (Phi) is 3.96. The standard InChI is InChI=1S/C16H24N2O2/c1-11-3-4-14-15(17)13(10-20-16(14)12(11)2)9-18-5-7-19-8-6-18/h3-4,13,15H,5-10,17H2,1-2H3. The zero-order chi connectivity index (χ0) is 14.1. The molecule has 0 spiro atoms. The maximum Gasteiger partial charge on any atom is 0.127 e. The molecule has 1 aromatic carbocycles. The molecule has 2 aliphatic rings. The lowest BCUT2D eigenvalue weighted by Crippen LogP contribution is -2.44. The summed E-state index contributed by atoms with van der Waals surface area (Å²) in [6.45, 7) is 9.61. The summed E-state index contributed by atoms with van der Waals surface area (Å²) in [4.78, 5) is 2.43. The van der Waals surface area contributed by atoms with Gasteiger partial charge in [-0.1, -0.05) is 12.1 Å². The molecule has 0 aromatic heterocycles. The monoisotopic (exact) mass is 276 g/mol. The highest BCUT2D eigenvalue weighted by Gasteiger charge is 2.31. The van der Waals surface area contributed by atoms with Crippen molar-refractivity contribution in [2.45, 2.75) is 19.9 Å². The van der Waals surface area contributed by atoms with Crippen molar-refractivity contribution in [3.8, 4) is 5.75 Å². The number of ether oxygens (including phenoxy) is 2. The van der Waals surface area contributed by atoms with E-state index in [0.717, 1.165) is 50.8 Å². The van der Waals surface area contributed by atoms with Gasteiger partial charge in [-0.25, -0.2) is 0 Å². The van der Waals surface area contributed by atoms with Crippen LogP contribution >= 0.6 is 0 Å². The molecule has 2 heterocycles. The summed E-state index contributed by atoms with van der Waals surface area (Å²) in [6, 6.07) is 4.35. The zero-order valence-electron chi connectivity index (χ0n) is 12.4. The third kappa shape index (κ3) is 2.55. The Morgan fingerprint density at radius 3 is 2.75 bits per heavy atom. The van der Waals surface area contributed by atoms with Crippen LogP contribution in [0.3, 0.4) is 0 Å². The van der Waals surface area contributed by atoms with Crippen molar-refractivity contribution in [2.24, 2.45) is 11.7 Å². The van der Waals surface area contributed by atoms with Crippen LogP contribution in [-0.2, 0) is 4.74 Å².